The third kappa shape index (κ3) is 2.41. The fourth-order valence-corrected chi connectivity index (χ4v) is 4.26. The molecule has 1 N–H and O–H groups in total. The number of fused-ring (bicyclic) bond motifs is 1. The lowest BCUT2D eigenvalue weighted by atomic mass is 9.89. The van der Waals surface area contributed by atoms with E-state index in [2.05, 4.69) is 5.32 Å². The Bertz CT molecular complexity index is 935. The Kier molecular flexibility index (Phi) is 3.65. The van der Waals surface area contributed by atoms with Crippen LogP contribution in [0.3, 0.4) is 0 Å². The number of hydrogen-bond donors (Lipinski definition) is 1. The van der Waals surface area contributed by atoms with E-state index in [0.29, 0.717) is 22.4 Å². The van der Waals surface area contributed by atoms with Gasteiger partial charge in [0.25, 0.3) is 0 Å². The van der Waals surface area contributed by atoms with E-state index in [9.17, 15) is 13.6 Å². The molecule has 1 atom stereocenters. The van der Waals surface area contributed by atoms with E-state index in [0.717, 1.165) is 4.88 Å². The summed E-state index contributed by atoms with van der Waals surface area (Å²) in [7, 11) is 0. The molecule has 2 aromatic carbocycles. The maximum Gasteiger partial charge on any atom is 0.225 e. The molecule has 0 bridgehead atoms. The van der Waals surface area contributed by atoms with Gasteiger partial charge in [0.2, 0.25) is 5.91 Å². The number of anilines is 1. The van der Waals surface area contributed by atoms with E-state index in [1.165, 1.54) is 23.5 Å². The second kappa shape index (κ2) is 5.83. The van der Waals surface area contributed by atoms with Crippen molar-refractivity contribution in [2.75, 3.05) is 5.32 Å². The predicted molar refractivity (Wildman–Crippen MR) is 91.2 cm³/mol. The summed E-state index contributed by atoms with van der Waals surface area (Å²) in [6.45, 7) is 0. The molecule has 1 amide bonds. The molecule has 1 unspecified atom stereocenters. The van der Waals surface area contributed by atoms with E-state index < -0.39 is 0 Å². The van der Waals surface area contributed by atoms with Crippen molar-refractivity contribution in [3.05, 3.63) is 76.0 Å². The van der Waals surface area contributed by atoms with Crippen molar-refractivity contribution < 1.29 is 13.6 Å². The average molecular weight is 341 g/mol. The molecule has 1 aliphatic rings. The Balaban J connectivity index is 1.87. The highest BCUT2D eigenvalue weighted by molar-refractivity contribution is 7.11. The van der Waals surface area contributed by atoms with Crippen LogP contribution in [0.15, 0.2) is 53.9 Å². The highest BCUT2D eigenvalue weighted by atomic mass is 32.1. The van der Waals surface area contributed by atoms with Crippen LogP contribution in [-0.4, -0.2) is 5.91 Å². The summed E-state index contributed by atoms with van der Waals surface area (Å²) < 4.78 is 28.3. The minimum absolute atomic E-state index is 0.186. The van der Waals surface area contributed by atoms with Crippen LogP contribution in [0.1, 0.15) is 22.8 Å². The monoisotopic (exact) mass is 341 g/mol. The summed E-state index contributed by atoms with van der Waals surface area (Å²) in [4.78, 5) is 13.0. The summed E-state index contributed by atoms with van der Waals surface area (Å²) in [6.07, 6.45) is 0.186. The van der Waals surface area contributed by atoms with E-state index in [1.54, 1.807) is 36.4 Å². The molecule has 24 heavy (non-hydrogen) atoms. The highest BCUT2D eigenvalue weighted by Gasteiger charge is 2.32. The van der Waals surface area contributed by atoms with Crippen LogP contribution in [-0.2, 0) is 4.79 Å². The molecule has 1 aliphatic heterocycles. The quantitative estimate of drug-likeness (QED) is 0.685. The standard InChI is InChI=1S/C19H13F2NOS/c20-15-7-3-1-5-11(15)13-9-17(23)22-18-14(10-24-19(13)18)12-6-2-4-8-16(12)21/h1-8,10,13H,9H2,(H,22,23). The Labute approximate surface area is 141 Å². The van der Waals surface area contributed by atoms with Crippen LogP contribution in [0.4, 0.5) is 14.5 Å². The first-order valence-electron chi connectivity index (χ1n) is 7.55. The van der Waals surface area contributed by atoms with Crippen LogP contribution >= 0.6 is 11.3 Å². The van der Waals surface area contributed by atoms with Gasteiger partial charge in [-0.15, -0.1) is 11.3 Å². The molecule has 120 valence electrons. The summed E-state index contributed by atoms with van der Waals surface area (Å²) >= 11 is 1.42. The van der Waals surface area contributed by atoms with Crippen LogP contribution in [0.5, 0.6) is 0 Å². The second-order valence-electron chi connectivity index (χ2n) is 5.69. The van der Waals surface area contributed by atoms with Crippen molar-refractivity contribution in [1.82, 2.24) is 0 Å². The van der Waals surface area contributed by atoms with E-state index in [4.69, 9.17) is 0 Å². The lowest BCUT2D eigenvalue weighted by Gasteiger charge is -2.24. The smallest absolute Gasteiger partial charge is 0.225 e. The summed E-state index contributed by atoms with van der Waals surface area (Å²) in [5.74, 6) is -1.21. The van der Waals surface area contributed by atoms with Gasteiger partial charge < -0.3 is 5.32 Å². The maximum absolute atomic E-state index is 14.2. The lowest BCUT2D eigenvalue weighted by molar-refractivity contribution is -0.116. The molecule has 0 saturated carbocycles. The number of carbonyl (C=O) groups is 1. The van der Waals surface area contributed by atoms with Crippen molar-refractivity contribution in [3.63, 3.8) is 0 Å². The van der Waals surface area contributed by atoms with Gasteiger partial charge in [-0.25, -0.2) is 8.78 Å². The topological polar surface area (TPSA) is 29.1 Å². The van der Waals surface area contributed by atoms with Crippen LogP contribution in [0.2, 0.25) is 0 Å². The number of rotatable bonds is 2. The largest absolute Gasteiger partial charge is 0.325 e. The number of halogens is 2. The fourth-order valence-electron chi connectivity index (χ4n) is 3.11. The van der Waals surface area contributed by atoms with Gasteiger partial charge in [-0.2, -0.15) is 0 Å². The maximum atomic E-state index is 14.2. The third-order valence-electron chi connectivity index (χ3n) is 4.23. The zero-order valence-corrected chi connectivity index (χ0v) is 13.4. The average Bonchev–Trinajstić information content (AvgIpc) is 2.99. The molecule has 0 radical (unpaired) electrons. The van der Waals surface area contributed by atoms with Crippen molar-refractivity contribution in [2.24, 2.45) is 0 Å². The van der Waals surface area contributed by atoms with Gasteiger partial charge in [0.05, 0.1) is 5.69 Å². The Morgan fingerprint density at radius 3 is 2.42 bits per heavy atom. The zero-order chi connectivity index (χ0) is 16.7. The summed E-state index contributed by atoms with van der Waals surface area (Å²) in [6, 6.07) is 12.9. The summed E-state index contributed by atoms with van der Waals surface area (Å²) in [5, 5.41) is 4.66. The van der Waals surface area contributed by atoms with E-state index >= 15 is 0 Å². The predicted octanol–water partition coefficient (Wildman–Crippen LogP) is 5.17. The van der Waals surface area contributed by atoms with E-state index in [-0.39, 0.29) is 29.9 Å². The van der Waals surface area contributed by atoms with E-state index in [1.807, 2.05) is 5.38 Å². The highest BCUT2D eigenvalue weighted by Crippen LogP contribution is 2.47. The second-order valence-corrected chi connectivity index (χ2v) is 6.61. The third-order valence-corrected chi connectivity index (χ3v) is 5.33. The number of amides is 1. The normalized spacial score (nSPS) is 16.6. The van der Waals surface area contributed by atoms with Gasteiger partial charge in [-0.3, -0.25) is 4.79 Å². The molecule has 0 fully saturated rings. The van der Waals surface area contributed by atoms with Crippen LogP contribution in [0, 0.1) is 11.6 Å². The molecule has 3 aromatic rings. The van der Waals surface area contributed by atoms with Crippen molar-refractivity contribution in [2.45, 2.75) is 12.3 Å². The number of benzene rings is 2. The van der Waals surface area contributed by atoms with Crippen molar-refractivity contribution in [3.8, 4) is 11.1 Å². The Morgan fingerprint density at radius 2 is 1.67 bits per heavy atom. The molecule has 1 aromatic heterocycles. The SMILES string of the molecule is O=C1CC(c2ccccc2F)c2scc(-c3ccccc3F)c2N1. The van der Waals surface area contributed by atoms with Gasteiger partial charge in [0.15, 0.2) is 0 Å². The first-order chi connectivity index (χ1) is 11.6. The van der Waals surface area contributed by atoms with Gasteiger partial charge in [-0.1, -0.05) is 36.4 Å². The zero-order valence-electron chi connectivity index (χ0n) is 12.6. The molecular weight excluding hydrogens is 328 g/mol. The Morgan fingerprint density at radius 1 is 0.958 bits per heavy atom. The van der Waals surface area contributed by atoms with Gasteiger partial charge in [0.1, 0.15) is 11.6 Å². The minimum atomic E-state index is -0.347. The number of thiophene rings is 1. The molecule has 2 heterocycles. The molecule has 0 aliphatic carbocycles. The summed E-state index contributed by atoms with van der Waals surface area (Å²) in [5.41, 5.74) is 2.16. The number of nitrogens with one attached hydrogen (secondary N) is 1. The van der Waals surface area contributed by atoms with Gasteiger partial charge in [-0.05, 0) is 17.7 Å². The first kappa shape index (κ1) is 15.0. The molecule has 2 nitrogen and oxygen atoms in total. The van der Waals surface area contributed by atoms with Crippen molar-refractivity contribution >= 4 is 22.9 Å². The first-order valence-corrected chi connectivity index (χ1v) is 8.43. The molecule has 4 rings (SSSR count). The van der Waals surface area contributed by atoms with Gasteiger partial charge >= 0.3 is 0 Å². The van der Waals surface area contributed by atoms with Crippen LogP contribution < -0.4 is 5.32 Å². The molecular formula is C19H13F2NOS. The van der Waals surface area contributed by atoms with Crippen molar-refractivity contribution in [1.29, 1.82) is 0 Å². The van der Waals surface area contributed by atoms with Gasteiger partial charge in [0, 0.05) is 33.7 Å². The molecule has 5 heteroatoms. The van der Waals surface area contributed by atoms with Crippen LogP contribution in [0.25, 0.3) is 11.1 Å². The Hall–Kier alpha value is -2.53. The number of carbonyl (C=O) groups excluding carboxylic acids is 1. The fraction of sp³-hybridized carbons (Fsp3) is 0.105. The minimum Gasteiger partial charge on any atom is -0.325 e. The number of hydrogen-bond acceptors (Lipinski definition) is 2. The molecule has 0 spiro atoms. The lowest BCUT2D eigenvalue weighted by Crippen LogP contribution is -2.23. The molecule has 0 saturated heterocycles.